The van der Waals surface area contributed by atoms with Crippen LogP contribution in [0, 0.1) is 5.92 Å². The van der Waals surface area contributed by atoms with Gasteiger partial charge in [-0.2, -0.15) is 17.5 Å². The molecule has 0 radical (unpaired) electrons. The number of sulfonamides is 1. The van der Waals surface area contributed by atoms with Crippen LogP contribution < -0.4 is 0 Å². The first-order valence-electron chi connectivity index (χ1n) is 5.77. The number of hydrogen-bond donors (Lipinski definition) is 1. The Hall–Kier alpha value is -0.830. The molecule has 112 valence electrons. The zero-order valence-electron chi connectivity index (χ0n) is 10.5. The minimum Gasteiger partial charge on any atom is -0.480 e. The van der Waals surface area contributed by atoms with E-state index in [4.69, 9.17) is 5.11 Å². The SMILES string of the molecule is CC(C1CC1)N(CC(F)(F)F)S(=O)(=O)C(C)C(=O)O. The van der Waals surface area contributed by atoms with Gasteiger partial charge < -0.3 is 5.11 Å². The lowest BCUT2D eigenvalue weighted by molar-refractivity contribution is -0.141. The molecular formula is C10H16F3NO4S. The minimum atomic E-state index is -4.70. The fraction of sp³-hybridized carbons (Fsp3) is 0.900. The molecule has 0 bridgehead atoms. The molecule has 0 spiro atoms. The highest BCUT2D eigenvalue weighted by atomic mass is 32.2. The lowest BCUT2D eigenvalue weighted by Gasteiger charge is -2.30. The normalized spacial score (nSPS) is 20.3. The molecule has 1 fully saturated rings. The number of nitrogens with zero attached hydrogens (tertiary/aromatic N) is 1. The summed E-state index contributed by atoms with van der Waals surface area (Å²) in [5.74, 6) is -1.78. The second-order valence-electron chi connectivity index (χ2n) is 4.76. The van der Waals surface area contributed by atoms with Gasteiger partial charge in [0, 0.05) is 6.04 Å². The Kier molecular flexibility index (Phi) is 4.51. The average molecular weight is 303 g/mol. The van der Waals surface area contributed by atoms with Crippen LogP contribution in [0.25, 0.3) is 0 Å². The van der Waals surface area contributed by atoms with Gasteiger partial charge in [0.2, 0.25) is 10.0 Å². The Bertz CT molecular complexity index is 444. The molecule has 0 heterocycles. The molecule has 1 aliphatic carbocycles. The summed E-state index contributed by atoms with van der Waals surface area (Å²) in [5.41, 5.74) is 0. The van der Waals surface area contributed by atoms with Crippen LogP contribution in [0.1, 0.15) is 26.7 Å². The predicted molar refractivity (Wildman–Crippen MR) is 61.0 cm³/mol. The fourth-order valence-electron chi connectivity index (χ4n) is 1.79. The van der Waals surface area contributed by atoms with E-state index in [9.17, 15) is 26.4 Å². The largest absolute Gasteiger partial charge is 0.480 e. The Balaban J connectivity index is 3.04. The van der Waals surface area contributed by atoms with Crippen LogP contribution >= 0.6 is 0 Å². The second kappa shape index (κ2) is 5.28. The number of aliphatic carboxylic acids is 1. The Labute approximate surface area is 109 Å². The van der Waals surface area contributed by atoms with E-state index in [1.54, 1.807) is 0 Å². The Morgan fingerprint density at radius 3 is 2.16 bits per heavy atom. The summed E-state index contributed by atoms with van der Waals surface area (Å²) in [5, 5.41) is 6.82. The highest BCUT2D eigenvalue weighted by Gasteiger charge is 2.46. The van der Waals surface area contributed by atoms with E-state index in [0.29, 0.717) is 12.8 Å². The zero-order chi connectivity index (χ0) is 15.0. The standard InChI is InChI=1S/C10H16F3NO4S/c1-6(8-3-4-8)14(5-10(11,12)13)19(17,18)7(2)9(15)16/h6-8H,3-5H2,1-2H3,(H,15,16). The third kappa shape index (κ3) is 4.07. The number of carbonyl (C=O) groups is 1. The van der Waals surface area contributed by atoms with E-state index in [1.165, 1.54) is 6.92 Å². The molecule has 1 aliphatic rings. The number of hydrogen-bond acceptors (Lipinski definition) is 3. The lowest BCUT2D eigenvalue weighted by Crippen LogP contribution is -2.50. The van der Waals surface area contributed by atoms with Crippen molar-refractivity contribution in [2.75, 3.05) is 6.54 Å². The monoisotopic (exact) mass is 303 g/mol. The molecule has 1 N–H and O–H groups in total. The molecule has 5 nitrogen and oxygen atoms in total. The molecule has 0 aliphatic heterocycles. The van der Waals surface area contributed by atoms with Crippen LogP contribution in [0.15, 0.2) is 0 Å². The van der Waals surface area contributed by atoms with Crippen molar-refractivity contribution in [3.05, 3.63) is 0 Å². The molecule has 0 aromatic carbocycles. The van der Waals surface area contributed by atoms with Crippen molar-refractivity contribution in [2.24, 2.45) is 5.92 Å². The average Bonchev–Trinajstić information content (AvgIpc) is 3.05. The first-order valence-corrected chi connectivity index (χ1v) is 7.27. The fourth-order valence-corrected chi connectivity index (χ4v) is 3.41. The van der Waals surface area contributed by atoms with Crippen molar-refractivity contribution in [1.82, 2.24) is 4.31 Å². The summed E-state index contributed by atoms with van der Waals surface area (Å²) < 4.78 is 61.7. The predicted octanol–water partition coefficient (Wildman–Crippen LogP) is 1.45. The van der Waals surface area contributed by atoms with E-state index in [2.05, 4.69) is 0 Å². The molecule has 19 heavy (non-hydrogen) atoms. The summed E-state index contributed by atoms with van der Waals surface area (Å²) in [6.07, 6.45) is -3.38. The van der Waals surface area contributed by atoms with Gasteiger partial charge in [-0.15, -0.1) is 0 Å². The number of halogens is 3. The van der Waals surface area contributed by atoms with E-state index < -0.39 is 40.0 Å². The molecule has 9 heteroatoms. The van der Waals surface area contributed by atoms with Crippen LogP contribution in [0.3, 0.4) is 0 Å². The minimum absolute atomic E-state index is 0.127. The van der Waals surface area contributed by atoms with Gasteiger partial charge in [-0.3, -0.25) is 4.79 Å². The molecule has 2 atom stereocenters. The van der Waals surface area contributed by atoms with Gasteiger partial charge >= 0.3 is 12.1 Å². The van der Waals surface area contributed by atoms with E-state index in [0.717, 1.165) is 6.92 Å². The zero-order valence-corrected chi connectivity index (χ0v) is 11.3. The van der Waals surface area contributed by atoms with Crippen LogP contribution in [-0.2, 0) is 14.8 Å². The number of alkyl halides is 3. The number of carboxylic acids is 1. The van der Waals surface area contributed by atoms with Gasteiger partial charge in [0.05, 0.1) is 0 Å². The second-order valence-corrected chi connectivity index (χ2v) is 6.97. The van der Waals surface area contributed by atoms with Crippen molar-refractivity contribution in [1.29, 1.82) is 0 Å². The van der Waals surface area contributed by atoms with Crippen LogP contribution in [0.4, 0.5) is 13.2 Å². The summed E-state index contributed by atoms with van der Waals surface area (Å²) in [6.45, 7) is 0.612. The molecule has 1 rings (SSSR count). The van der Waals surface area contributed by atoms with Gasteiger partial charge in [0.25, 0.3) is 0 Å². The number of carboxylic acid groups (broad SMARTS) is 1. The topological polar surface area (TPSA) is 74.7 Å². The van der Waals surface area contributed by atoms with Crippen molar-refractivity contribution >= 4 is 16.0 Å². The van der Waals surface area contributed by atoms with E-state index in [1.807, 2.05) is 0 Å². The molecule has 0 aromatic rings. The molecule has 0 amide bonds. The van der Waals surface area contributed by atoms with Crippen LogP contribution in [0.5, 0.6) is 0 Å². The summed E-state index contributed by atoms with van der Waals surface area (Å²) in [7, 11) is -4.52. The highest BCUT2D eigenvalue weighted by molar-refractivity contribution is 7.90. The van der Waals surface area contributed by atoms with Crippen molar-refractivity contribution in [3.8, 4) is 0 Å². The van der Waals surface area contributed by atoms with E-state index in [-0.39, 0.29) is 10.2 Å². The van der Waals surface area contributed by atoms with Crippen molar-refractivity contribution < 1.29 is 31.5 Å². The smallest absolute Gasteiger partial charge is 0.402 e. The van der Waals surface area contributed by atoms with E-state index >= 15 is 0 Å². The maximum Gasteiger partial charge on any atom is 0.402 e. The molecule has 0 aromatic heterocycles. The van der Waals surface area contributed by atoms with Gasteiger partial charge in [0.15, 0.2) is 5.25 Å². The highest BCUT2D eigenvalue weighted by Crippen LogP contribution is 2.37. The van der Waals surface area contributed by atoms with Crippen LogP contribution in [0.2, 0.25) is 0 Å². The molecule has 2 unspecified atom stereocenters. The van der Waals surface area contributed by atoms with Gasteiger partial charge in [-0.05, 0) is 32.6 Å². The first-order chi connectivity index (χ1) is 8.47. The quantitative estimate of drug-likeness (QED) is 0.806. The first kappa shape index (κ1) is 16.2. The van der Waals surface area contributed by atoms with Crippen molar-refractivity contribution in [3.63, 3.8) is 0 Å². The van der Waals surface area contributed by atoms with Gasteiger partial charge in [0.1, 0.15) is 6.54 Å². The Morgan fingerprint density at radius 1 is 1.37 bits per heavy atom. The number of rotatable bonds is 6. The molecular weight excluding hydrogens is 287 g/mol. The Morgan fingerprint density at radius 2 is 1.84 bits per heavy atom. The van der Waals surface area contributed by atoms with Crippen molar-refractivity contribution in [2.45, 2.75) is 44.2 Å². The van der Waals surface area contributed by atoms with Crippen LogP contribution in [-0.4, -0.2) is 47.8 Å². The third-order valence-electron chi connectivity index (χ3n) is 3.22. The molecule has 0 saturated heterocycles. The lowest BCUT2D eigenvalue weighted by atomic mass is 10.2. The molecule has 1 saturated carbocycles. The summed E-state index contributed by atoms with van der Waals surface area (Å²) in [6, 6.07) is -0.839. The maximum atomic E-state index is 12.5. The summed E-state index contributed by atoms with van der Waals surface area (Å²) in [4.78, 5) is 10.7. The summed E-state index contributed by atoms with van der Waals surface area (Å²) >= 11 is 0. The maximum absolute atomic E-state index is 12.5. The van der Waals surface area contributed by atoms with Gasteiger partial charge in [-0.1, -0.05) is 0 Å². The third-order valence-corrected chi connectivity index (χ3v) is 5.43. The van der Waals surface area contributed by atoms with Gasteiger partial charge in [-0.25, -0.2) is 8.42 Å².